The second kappa shape index (κ2) is 7.74. The van der Waals surface area contributed by atoms with E-state index >= 15 is 0 Å². The molecule has 2 heterocycles. The molecule has 7 nitrogen and oxygen atoms in total. The lowest BCUT2D eigenvalue weighted by atomic mass is 9.73. The van der Waals surface area contributed by atoms with Gasteiger partial charge in [-0.2, -0.15) is 0 Å². The molecule has 0 spiro atoms. The quantitative estimate of drug-likeness (QED) is 0.442. The molecule has 2 aromatic carbocycles. The Balaban J connectivity index is 1.76. The summed E-state index contributed by atoms with van der Waals surface area (Å²) in [5, 5.41) is 11.1. The van der Waals surface area contributed by atoms with Crippen LogP contribution in [-0.4, -0.2) is 15.3 Å². The number of fused-ring (bicyclic) bond motifs is 1. The fraction of sp³-hybridized carbons (Fsp3) is 0.240. The van der Waals surface area contributed by atoms with Crippen LogP contribution in [0.5, 0.6) is 0 Å². The van der Waals surface area contributed by atoms with E-state index in [2.05, 4.69) is 0 Å². The van der Waals surface area contributed by atoms with Crippen molar-refractivity contribution in [3.8, 4) is 0 Å². The molecular weight excluding hydrogens is 438 g/mol. The van der Waals surface area contributed by atoms with Crippen LogP contribution in [0.4, 0.5) is 5.69 Å². The molecule has 3 aromatic rings. The SMILES string of the molecule is CC1(C)CC(=O)C2=C(C1)N=c1sc(=Cc3ccccc3)c(=O)n1C2c1ccc([N+](=O)[O-])cc1. The van der Waals surface area contributed by atoms with Gasteiger partial charge in [-0.1, -0.05) is 55.5 Å². The number of Topliss-reactive ketones (excluding diaryl/α,β-unsaturated/α-hetero) is 1. The van der Waals surface area contributed by atoms with Crippen molar-refractivity contribution < 1.29 is 9.72 Å². The first-order valence-electron chi connectivity index (χ1n) is 10.6. The molecule has 0 saturated carbocycles. The minimum Gasteiger partial charge on any atom is -0.294 e. The lowest BCUT2D eigenvalue weighted by Gasteiger charge is -2.35. The summed E-state index contributed by atoms with van der Waals surface area (Å²) in [6.07, 6.45) is 2.81. The van der Waals surface area contributed by atoms with E-state index in [4.69, 9.17) is 4.99 Å². The van der Waals surface area contributed by atoms with Gasteiger partial charge in [0.25, 0.3) is 11.2 Å². The van der Waals surface area contributed by atoms with E-state index in [0.29, 0.717) is 39.0 Å². The van der Waals surface area contributed by atoms with Crippen LogP contribution in [0.1, 0.15) is 43.9 Å². The van der Waals surface area contributed by atoms with Gasteiger partial charge in [0.05, 0.1) is 21.2 Å². The van der Waals surface area contributed by atoms with E-state index in [1.165, 1.54) is 23.5 Å². The Morgan fingerprint density at radius 3 is 2.45 bits per heavy atom. The number of hydrogen-bond donors (Lipinski definition) is 0. The molecule has 1 aliphatic carbocycles. The first-order chi connectivity index (χ1) is 15.7. The number of carbonyl (C=O) groups excluding carboxylic acids is 1. The molecule has 0 bridgehead atoms. The van der Waals surface area contributed by atoms with Crippen LogP contribution in [-0.2, 0) is 4.79 Å². The van der Waals surface area contributed by atoms with Gasteiger partial charge in [0.1, 0.15) is 0 Å². The Labute approximate surface area is 193 Å². The van der Waals surface area contributed by atoms with Crippen molar-refractivity contribution in [2.24, 2.45) is 10.4 Å². The molecule has 2 aliphatic rings. The highest BCUT2D eigenvalue weighted by molar-refractivity contribution is 7.07. The molecule has 0 fully saturated rings. The standard InChI is InChI=1S/C25H21N3O4S/c1-25(2)13-18-21(19(29)14-25)22(16-8-10-17(11-9-16)28(31)32)27-23(30)20(33-24(27)26-18)12-15-6-4-3-5-7-15/h3-12,22H,13-14H2,1-2H3. The molecule has 1 unspecified atom stereocenters. The predicted molar refractivity (Wildman–Crippen MR) is 126 cm³/mol. The number of carbonyl (C=O) groups is 1. The summed E-state index contributed by atoms with van der Waals surface area (Å²) in [7, 11) is 0. The zero-order chi connectivity index (χ0) is 23.3. The van der Waals surface area contributed by atoms with Gasteiger partial charge in [0.2, 0.25) is 0 Å². The average molecular weight is 460 g/mol. The zero-order valence-electron chi connectivity index (χ0n) is 18.1. The predicted octanol–water partition coefficient (Wildman–Crippen LogP) is 3.51. The van der Waals surface area contributed by atoms with Gasteiger partial charge in [-0.15, -0.1) is 0 Å². The molecule has 8 heteroatoms. The molecule has 1 aromatic heterocycles. The van der Waals surface area contributed by atoms with Crippen molar-refractivity contribution in [2.75, 3.05) is 0 Å². The van der Waals surface area contributed by atoms with Crippen LogP contribution >= 0.6 is 11.3 Å². The highest BCUT2D eigenvalue weighted by atomic mass is 32.1. The van der Waals surface area contributed by atoms with Crippen LogP contribution in [0.3, 0.4) is 0 Å². The lowest BCUT2D eigenvalue weighted by molar-refractivity contribution is -0.384. The van der Waals surface area contributed by atoms with Gasteiger partial charge in [0, 0.05) is 24.1 Å². The van der Waals surface area contributed by atoms with Crippen LogP contribution in [0.15, 0.2) is 75.7 Å². The Hall–Kier alpha value is -3.65. The van der Waals surface area contributed by atoms with Crippen LogP contribution in [0, 0.1) is 15.5 Å². The van der Waals surface area contributed by atoms with Gasteiger partial charge in [0.15, 0.2) is 10.6 Å². The van der Waals surface area contributed by atoms with E-state index in [1.54, 1.807) is 16.7 Å². The highest BCUT2D eigenvalue weighted by Crippen LogP contribution is 2.43. The summed E-state index contributed by atoms with van der Waals surface area (Å²) in [6, 6.07) is 15.0. The van der Waals surface area contributed by atoms with Gasteiger partial charge in [-0.25, -0.2) is 4.99 Å². The Kier molecular flexibility index (Phi) is 4.97. The average Bonchev–Trinajstić information content (AvgIpc) is 3.07. The van der Waals surface area contributed by atoms with Gasteiger partial charge in [-0.05, 0) is 41.2 Å². The Morgan fingerprint density at radius 2 is 1.79 bits per heavy atom. The monoisotopic (exact) mass is 459 g/mol. The summed E-state index contributed by atoms with van der Waals surface area (Å²) >= 11 is 1.29. The highest BCUT2D eigenvalue weighted by Gasteiger charge is 2.40. The largest absolute Gasteiger partial charge is 0.294 e. The fourth-order valence-corrected chi connectivity index (χ4v) is 5.56. The van der Waals surface area contributed by atoms with Crippen LogP contribution < -0.4 is 14.9 Å². The zero-order valence-corrected chi connectivity index (χ0v) is 19.0. The Morgan fingerprint density at radius 1 is 1.09 bits per heavy atom. The molecule has 5 rings (SSSR count). The summed E-state index contributed by atoms with van der Waals surface area (Å²) in [5.74, 6) is -0.0364. The Bertz CT molecular complexity index is 1500. The van der Waals surface area contributed by atoms with Crippen molar-refractivity contribution in [1.82, 2.24) is 4.57 Å². The van der Waals surface area contributed by atoms with Gasteiger partial charge < -0.3 is 0 Å². The number of nitro benzene ring substituents is 1. The minimum atomic E-state index is -0.654. The summed E-state index contributed by atoms with van der Waals surface area (Å²) < 4.78 is 2.09. The fourth-order valence-electron chi connectivity index (χ4n) is 4.54. The normalized spacial score (nSPS) is 19.6. The van der Waals surface area contributed by atoms with Crippen molar-refractivity contribution in [2.45, 2.75) is 32.7 Å². The maximum Gasteiger partial charge on any atom is 0.271 e. The molecule has 0 amide bonds. The van der Waals surface area contributed by atoms with E-state index in [0.717, 1.165) is 5.56 Å². The number of rotatable bonds is 3. The van der Waals surface area contributed by atoms with Crippen LogP contribution in [0.2, 0.25) is 0 Å². The number of thiazole rings is 1. The summed E-state index contributed by atoms with van der Waals surface area (Å²) in [4.78, 5) is 42.8. The number of nitrogens with zero attached hydrogens (tertiary/aromatic N) is 3. The summed E-state index contributed by atoms with van der Waals surface area (Å²) in [6.45, 7) is 4.08. The first kappa shape index (κ1) is 21.2. The topological polar surface area (TPSA) is 94.6 Å². The maximum atomic E-state index is 13.5. The van der Waals surface area contributed by atoms with E-state index in [1.807, 2.05) is 50.3 Å². The number of aromatic nitrogens is 1. The number of ketones is 1. The van der Waals surface area contributed by atoms with Crippen LogP contribution in [0.25, 0.3) is 6.08 Å². The van der Waals surface area contributed by atoms with E-state index in [9.17, 15) is 19.7 Å². The van der Waals surface area contributed by atoms with Crippen molar-refractivity contribution in [1.29, 1.82) is 0 Å². The lowest BCUT2D eigenvalue weighted by Crippen LogP contribution is -2.42. The molecule has 0 N–H and O–H groups in total. The third-order valence-electron chi connectivity index (χ3n) is 6.01. The van der Waals surface area contributed by atoms with E-state index < -0.39 is 11.0 Å². The number of benzene rings is 2. The molecule has 0 saturated heterocycles. The third kappa shape index (κ3) is 3.76. The minimum absolute atomic E-state index is 0.0364. The van der Waals surface area contributed by atoms with Gasteiger partial charge in [-0.3, -0.25) is 24.3 Å². The molecule has 33 heavy (non-hydrogen) atoms. The molecule has 1 aliphatic heterocycles. The summed E-state index contributed by atoms with van der Waals surface area (Å²) in [5.41, 5.74) is 2.28. The maximum absolute atomic E-state index is 13.5. The number of nitro groups is 1. The second-order valence-electron chi connectivity index (χ2n) is 9.14. The first-order valence-corrected chi connectivity index (χ1v) is 11.4. The molecule has 0 radical (unpaired) electrons. The van der Waals surface area contributed by atoms with Crippen molar-refractivity contribution in [3.05, 3.63) is 107 Å². The number of allylic oxidation sites excluding steroid dienone is 2. The van der Waals surface area contributed by atoms with Crippen molar-refractivity contribution in [3.63, 3.8) is 0 Å². The number of non-ortho nitro benzene ring substituents is 1. The van der Waals surface area contributed by atoms with E-state index in [-0.39, 0.29) is 22.4 Å². The molecular formula is C25H21N3O4S. The van der Waals surface area contributed by atoms with Gasteiger partial charge >= 0.3 is 0 Å². The number of hydrogen-bond acceptors (Lipinski definition) is 6. The van der Waals surface area contributed by atoms with Crippen molar-refractivity contribution >= 4 is 28.9 Å². The second-order valence-corrected chi connectivity index (χ2v) is 10.2. The smallest absolute Gasteiger partial charge is 0.271 e. The third-order valence-corrected chi connectivity index (χ3v) is 7.00. The molecule has 166 valence electrons. The molecule has 1 atom stereocenters.